The molecule has 0 radical (unpaired) electrons. The van der Waals surface area contributed by atoms with Crippen molar-refractivity contribution in [2.24, 2.45) is 0 Å². The third-order valence-corrected chi connectivity index (χ3v) is 3.58. The van der Waals surface area contributed by atoms with Crippen molar-refractivity contribution >= 4 is 27.5 Å². The minimum absolute atomic E-state index is 0.0587. The smallest absolute Gasteiger partial charge is 0.342 e. The van der Waals surface area contributed by atoms with Crippen LogP contribution in [0.4, 0.5) is 4.39 Å². The number of carbonyl (C=O) groups is 1. The first-order valence-corrected chi connectivity index (χ1v) is 6.52. The molecule has 100 valence electrons. The highest BCUT2D eigenvalue weighted by Crippen LogP contribution is 2.33. The quantitative estimate of drug-likeness (QED) is 0.793. The lowest BCUT2D eigenvalue weighted by atomic mass is 10.2. The van der Waals surface area contributed by atoms with Crippen LogP contribution >= 0.6 is 11.3 Å². The molecule has 20 heavy (non-hydrogen) atoms. The van der Waals surface area contributed by atoms with Crippen LogP contribution in [0.3, 0.4) is 0 Å². The van der Waals surface area contributed by atoms with Crippen LogP contribution < -0.4 is 4.74 Å². The molecule has 0 bridgehead atoms. The van der Waals surface area contributed by atoms with Crippen molar-refractivity contribution in [3.63, 3.8) is 0 Å². The van der Waals surface area contributed by atoms with E-state index in [1.807, 2.05) is 24.3 Å². The molecule has 1 aromatic heterocycles. The van der Waals surface area contributed by atoms with Gasteiger partial charge in [0, 0.05) is 0 Å². The molecule has 0 amide bonds. The first-order valence-electron chi connectivity index (χ1n) is 5.70. The average molecular weight is 289 g/mol. The van der Waals surface area contributed by atoms with Gasteiger partial charge in [0.25, 0.3) is 5.19 Å². The molecular weight excluding hydrogens is 281 g/mol. The van der Waals surface area contributed by atoms with Crippen molar-refractivity contribution in [2.75, 3.05) is 0 Å². The zero-order chi connectivity index (χ0) is 14.1. The maximum Gasteiger partial charge on any atom is 0.342 e. The van der Waals surface area contributed by atoms with Crippen LogP contribution in [0.2, 0.25) is 0 Å². The molecule has 4 nitrogen and oxygen atoms in total. The molecule has 3 aromatic rings. The van der Waals surface area contributed by atoms with Gasteiger partial charge in [-0.3, -0.25) is 0 Å². The number of ether oxygens (including phenoxy) is 1. The molecule has 2 aromatic carbocycles. The number of halogens is 1. The molecular formula is C14H8FNO3S. The van der Waals surface area contributed by atoms with Crippen molar-refractivity contribution in [2.45, 2.75) is 0 Å². The summed E-state index contributed by atoms with van der Waals surface area (Å²) in [6.07, 6.45) is 0. The molecule has 0 spiro atoms. The number of carboxylic acid groups (broad SMARTS) is 1. The Morgan fingerprint density at radius 2 is 2.00 bits per heavy atom. The number of nitrogens with zero attached hydrogens (tertiary/aromatic N) is 1. The van der Waals surface area contributed by atoms with E-state index in [9.17, 15) is 9.18 Å². The normalized spacial score (nSPS) is 10.7. The number of para-hydroxylation sites is 1. The van der Waals surface area contributed by atoms with Gasteiger partial charge in [0.2, 0.25) is 0 Å². The van der Waals surface area contributed by atoms with E-state index in [0.717, 1.165) is 16.3 Å². The summed E-state index contributed by atoms with van der Waals surface area (Å²) in [7, 11) is 0. The maximum absolute atomic E-state index is 13.5. The first-order chi connectivity index (χ1) is 9.65. The predicted octanol–water partition coefficient (Wildman–Crippen LogP) is 3.93. The summed E-state index contributed by atoms with van der Waals surface area (Å²) < 4.78 is 19.9. The fraction of sp³-hybridized carbons (Fsp3) is 0. The van der Waals surface area contributed by atoms with Crippen molar-refractivity contribution in [3.05, 3.63) is 53.8 Å². The molecule has 0 fully saturated rings. The van der Waals surface area contributed by atoms with Gasteiger partial charge in [-0.25, -0.2) is 14.2 Å². The molecule has 0 unspecified atom stereocenters. The van der Waals surface area contributed by atoms with Crippen LogP contribution in [0, 0.1) is 5.82 Å². The van der Waals surface area contributed by atoms with Gasteiger partial charge < -0.3 is 9.84 Å². The highest BCUT2D eigenvalue weighted by Gasteiger charge is 2.18. The number of aromatic nitrogens is 1. The van der Waals surface area contributed by atoms with Crippen molar-refractivity contribution in [1.29, 1.82) is 0 Å². The Bertz CT molecular complexity index is 767. The number of hydrogen-bond acceptors (Lipinski definition) is 4. The van der Waals surface area contributed by atoms with E-state index in [4.69, 9.17) is 9.84 Å². The minimum Gasteiger partial charge on any atom is -0.477 e. The molecule has 0 aliphatic carbocycles. The minimum atomic E-state index is -1.38. The van der Waals surface area contributed by atoms with Crippen LogP contribution in [0.25, 0.3) is 10.2 Å². The number of fused-ring (bicyclic) bond motifs is 1. The monoisotopic (exact) mass is 289 g/mol. The van der Waals surface area contributed by atoms with Crippen LogP contribution in [0.15, 0.2) is 42.5 Å². The second kappa shape index (κ2) is 4.90. The zero-order valence-corrected chi connectivity index (χ0v) is 10.9. The van der Waals surface area contributed by atoms with Gasteiger partial charge in [0.05, 0.1) is 10.2 Å². The average Bonchev–Trinajstić information content (AvgIpc) is 2.80. The number of aromatic carboxylic acids is 1. The molecule has 1 heterocycles. The van der Waals surface area contributed by atoms with Gasteiger partial charge in [-0.1, -0.05) is 29.5 Å². The number of carboxylic acids is 1. The first kappa shape index (κ1) is 12.6. The van der Waals surface area contributed by atoms with Crippen molar-refractivity contribution in [3.8, 4) is 10.9 Å². The van der Waals surface area contributed by atoms with Crippen molar-refractivity contribution < 1.29 is 19.0 Å². The lowest BCUT2D eigenvalue weighted by Crippen LogP contribution is -2.03. The Morgan fingerprint density at radius 3 is 2.75 bits per heavy atom. The molecule has 0 aliphatic heterocycles. The van der Waals surface area contributed by atoms with Crippen LogP contribution in [-0.2, 0) is 0 Å². The van der Waals surface area contributed by atoms with E-state index in [1.165, 1.54) is 23.5 Å². The number of hydrogen-bond donors (Lipinski definition) is 1. The van der Waals surface area contributed by atoms with Crippen molar-refractivity contribution in [1.82, 2.24) is 4.98 Å². The van der Waals surface area contributed by atoms with Gasteiger partial charge in [0.1, 0.15) is 17.1 Å². The van der Waals surface area contributed by atoms with E-state index in [1.54, 1.807) is 0 Å². The van der Waals surface area contributed by atoms with Gasteiger partial charge in [-0.2, -0.15) is 0 Å². The second-order valence-corrected chi connectivity index (χ2v) is 4.96. The second-order valence-electron chi connectivity index (χ2n) is 3.97. The number of thiazole rings is 1. The Kier molecular flexibility index (Phi) is 3.08. The molecule has 3 rings (SSSR count). The molecule has 6 heteroatoms. The lowest BCUT2D eigenvalue weighted by molar-refractivity contribution is 0.0689. The fourth-order valence-corrected chi connectivity index (χ4v) is 2.61. The lowest BCUT2D eigenvalue weighted by Gasteiger charge is -2.05. The standard InChI is InChI=1S/C14H8FNO3S/c15-8-4-3-6-10(12(8)13(17)18)19-14-16-9-5-1-2-7-11(9)20-14/h1-7H,(H,17,18). The van der Waals surface area contributed by atoms with Gasteiger partial charge in [-0.05, 0) is 24.3 Å². The fourth-order valence-electron chi connectivity index (χ4n) is 1.79. The molecule has 0 saturated heterocycles. The Balaban J connectivity index is 2.02. The van der Waals surface area contributed by atoms with Gasteiger partial charge in [-0.15, -0.1) is 0 Å². The third kappa shape index (κ3) is 2.21. The summed E-state index contributed by atoms with van der Waals surface area (Å²) in [6.45, 7) is 0. The largest absolute Gasteiger partial charge is 0.477 e. The Labute approximate surface area is 117 Å². The third-order valence-electron chi connectivity index (χ3n) is 2.66. The maximum atomic E-state index is 13.5. The SMILES string of the molecule is O=C(O)c1c(F)cccc1Oc1nc2ccccc2s1. The molecule has 0 aliphatic rings. The molecule has 0 atom stereocenters. The Hall–Kier alpha value is -2.47. The predicted molar refractivity (Wildman–Crippen MR) is 73.1 cm³/mol. The zero-order valence-electron chi connectivity index (χ0n) is 10.0. The molecule has 0 saturated carbocycles. The topological polar surface area (TPSA) is 59.4 Å². The van der Waals surface area contributed by atoms with Gasteiger partial charge >= 0.3 is 5.97 Å². The highest BCUT2D eigenvalue weighted by molar-refractivity contribution is 7.20. The van der Waals surface area contributed by atoms with E-state index in [0.29, 0.717) is 0 Å². The molecule has 1 N–H and O–H groups in total. The summed E-state index contributed by atoms with van der Waals surface area (Å²) in [5, 5.41) is 9.30. The van der Waals surface area contributed by atoms with E-state index in [-0.39, 0.29) is 10.9 Å². The van der Waals surface area contributed by atoms with Crippen LogP contribution in [-0.4, -0.2) is 16.1 Å². The van der Waals surface area contributed by atoms with Crippen LogP contribution in [0.1, 0.15) is 10.4 Å². The summed E-state index contributed by atoms with van der Waals surface area (Å²) in [5.74, 6) is -2.27. The summed E-state index contributed by atoms with van der Waals surface area (Å²) in [4.78, 5) is 15.3. The highest BCUT2D eigenvalue weighted by atomic mass is 32.1. The van der Waals surface area contributed by atoms with E-state index >= 15 is 0 Å². The number of benzene rings is 2. The van der Waals surface area contributed by atoms with Crippen LogP contribution in [0.5, 0.6) is 10.9 Å². The summed E-state index contributed by atoms with van der Waals surface area (Å²) in [6, 6.07) is 11.3. The Morgan fingerprint density at radius 1 is 1.20 bits per heavy atom. The van der Waals surface area contributed by atoms with E-state index in [2.05, 4.69) is 4.98 Å². The number of rotatable bonds is 3. The van der Waals surface area contributed by atoms with E-state index < -0.39 is 17.3 Å². The summed E-state index contributed by atoms with van der Waals surface area (Å²) >= 11 is 1.27. The summed E-state index contributed by atoms with van der Waals surface area (Å²) in [5.41, 5.74) is 0.257. The van der Waals surface area contributed by atoms with Gasteiger partial charge in [0.15, 0.2) is 0 Å².